The fraction of sp³-hybridized carbons (Fsp3) is 0.769. The van der Waals surface area contributed by atoms with Crippen molar-refractivity contribution in [3.8, 4) is 0 Å². The second-order valence-corrected chi connectivity index (χ2v) is 7.46. The van der Waals surface area contributed by atoms with Crippen LogP contribution in [-0.4, -0.2) is 49.2 Å². The molecule has 1 N–H and O–H groups in total. The van der Waals surface area contributed by atoms with Gasteiger partial charge in [0, 0.05) is 26.3 Å². The first-order valence-corrected chi connectivity index (χ1v) is 8.67. The lowest BCUT2D eigenvalue weighted by Crippen LogP contribution is -2.28. The number of sulfonamides is 1. The van der Waals surface area contributed by atoms with Gasteiger partial charge in [0.15, 0.2) is 0 Å². The van der Waals surface area contributed by atoms with Crippen molar-refractivity contribution >= 4 is 10.0 Å². The van der Waals surface area contributed by atoms with Crippen LogP contribution in [0.2, 0.25) is 0 Å². The quantitative estimate of drug-likeness (QED) is 0.689. The Morgan fingerprint density at radius 3 is 2.85 bits per heavy atom. The molecule has 0 unspecified atom stereocenters. The monoisotopic (exact) mass is 300 g/mol. The summed E-state index contributed by atoms with van der Waals surface area (Å²) in [4.78, 5) is 0.288. The molecule has 2 rings (SSSR count). The van der Waals surface area contributed by atoms with Crippen molar-refractivity contribution in [3.63, 3.8) is 0 Å². The predicted octanol–water partition coefficient (Wildman–Crippen LogP) is 0.913. The second-order valence-electron chi connectivity index (χ2n) is 5.42. The fourth-order valence-electron chi connectivity index (χ4n) is 2.04. The molecule has 0 spiro atoms. The Bertz CT molecular complexity index is 522. The number of nitrogens with one attached hydrogen (secondary N) is 1. The molecular formula is C13H24N4O2S. The van der Waals surface area contributed by atoms with E-state index < -0.39 is 10.0 Å². The molecule has 20 heavy (non-hydrogen) atoms. The van der Waals surface area contributed by atoms with E-state index in [-0.39, 0.29) is 4.90 Å². The van der Waals surface area contributed by atoms with Crippen molar-refractivity contribution in [1.29, 1.82) is 0 Å². The Morgan fingerprint density at radius 1 is 1.45 bits per heavy atom. The van der Waals surface area contributed by atoms with E-state index in [1.54, 1.807) is 17.9 Å². The van der Waals surface area contributed by atoms with Crippen molar-refractivity contribution in [2.24, 2.45) is 5.92 Å². The van der Waals surface area contributed by atoms with Gasteiger partial charge in [-0.3, -0.25) is 4.68 Å². The van der Waals surface area contributed by atoms with Gasteiger partial charge < -0.3 is 5.32 Å². The molecular weight excluding hydrogens is 276 g/mol. The smallest absolute Gasteiger partial charge is 0.245 e. The SMILES string of the molecule is CCCNCCn1cc(S(=O)(=O)N(C)CC2CC2)cn1. The molecule has 0 aromatic carbocycles. The topological polar surface area (TPSA) is 67.2 Å². The Kier molecular flexibility index (Phi) is 5.17. The van der Waals surface area contributed by atoms with E-state index in [4.69, 9.17) is 0 Å². The maximum absolute atomic E-state index is 12.3. The lowest BCUT2D eigenvalue weighted by molar-refractivity contribution is 0.452. The van der Waals surface area contributed by atoms with Crippen LogP contribution >= 0.6 is 0 Å². The molecule has 0 saturated heterocycles. The van der Waals surface area contributed by atoms with Gasteiger partial charge in [-0.2, -0.15) is 5.10 Å². The zero-order valence-corrected chi connectivity index (χ0v) is 13.1. The molecule has 6 nitrogen and oxygen atoms in total. The van der Waals surface area contributed by atoms with Crippen LogP contribution in [0, 0.1) is 5.92 Å². The van der Waals surface area contributed by atoms with E-state index in [9.17, 15) is 8.42 Å². The molecule has 1 heterocycles. The molecule has 1 saturated carbocycles. The normalized spacial score (nSPS) is 15.9. The molecule has 1 aromatic heterocycles. The van der Waals surface area contributed by atoms with Crippen LogP contribution in [0.5, 0.6) is 0 Å². The minimum atomic E-state index is -3.38. The van der Waals surface area contributed by atoms with E-state index in [0.717, 1.165) is 32.4 Å². The zero-order chi connectivity index (χ0) is 14.6. The number of hydrogen-bond acceptors (Lipinski definition) is 4. The first kappa shape index (κ1) is 15.5. The third-order valence-corrected chi connectivity index (χ3v) is 5.25. The van der Waals surface area contributed by atoms with Gasteiger partial charge in [-0.1, -0.05) is 6.92 Å². The summed E-state index contributed by atoms with van der Waals surface area (Å²) in [5.74, 6) is 0.545. The molecule has 0 bridgehead atoms. The second kappa shape index (κ2) is 6.69. The summed E-state index contributed by atoms with van der Waals surface area (Å²) in [6.07, 6.45) is 6.43. The minimum Gasteiger partial charge on any atom is -0.315 e. The summed E-state index contributed by atoms with van der Waals surface area (Å²) in [6, 6.07) is 0. The van der Waals surface area contributed by atoms with Crippen molar-refractivity contribution < 1.29 is 8.42 Å². The van der Waals surface area contributed by atoms with E-state index in [1.807, 2.05) is 0 Å². The van der Waals surface area contributed by atoms with Crippen LogP contribution in [0.15, 0.2) is 17.3 Å². The van der Waals surface area contributed by atoms with E-state index in [1.165, 1.54) is 10.5 Å². The zero-order valence-electron chi connectivity index (χ0n) is 12.2. The third-order valence-electron chi connectivity index (χ3n) is 3.47. The Labute approximate surface area is 121 Å². The summed E-state index contributed by atoms with van der Waals surface area (Å²) in [7, 11) is -1.73. The van der Waals surface area contributed by atoms with Crippen LogP contribution in [-0.2, 0) is 16.6 Å². The van der Waals surface area contributed by atoms with Gasteiger partial charge >= 0.3 is 0 Å². The standard InChI is InChI=1S/C13H24N4O2S/c1-3-6-14-7-8-17-11-13(9-15-17)20(18,19)16(2)10-12-4-5-12/h9,11-12,14H,3-8,10H2,1-2H3. The molecule has 1 aromatic rings. The van der Waals surface area contributed by atoms with Crippen molar-refractivity contribution in [3.05, 3.63) is 12.4 Å². The Hall–Kier alpha value is -0.920. The number of hydrogen-bond donors (Lipinski definition) is 1. The Morgan fingerprint density at radius 2 is 2.20 bits per heavy atom. The molecule has 7 heteroatoms. The third kappa shape index (κ3) is 4.04. The summed E-state index contributed by atoms with van der Waals surface area (Å²) in [5, 5.41) is 7.40. The van der Waals surface area contributed by atoms with Gasteiger partial charge in [0.05, 0.1) is 12.7 Å². The van der Waals surface area contributed by atoms with Gasteiger partial charge in [0.1, 0.15) is 4.90 Å². The van der Waals surface area contributed by atoms with Gasteiger partial charge in [0.2, 0.25) is 10.0 Å². The maximum Gasteiger partial charge on any atom is 0.245 e. The summed E-state index contributed by atoms with van der Waals surface area (Å²) in [6.45, 7) is 5.18. The van der Waals surface area contributed by atoms with Gasteiger partial charge in [0.25, 0.3) is 0 Å². The van der Waals surface area contributed by atoms with Crippen molar-refractivity contribution in [2.45, 2.75) is 37.6 Å². The van der Waals surface area contributed by atoms with E-state index in [0.29, 0.717) is 19.0 Å². The maximum atomic E-state index is 12.3. The number of rotatable bonds is 9. The first-order valence-electron chi connectivity index (χ1n) is 7.23. The highest BCUT2D eigenvalue weighted by Gasteiger charge is 2.29. The fourth-order valence-corrected chi connectivity index (χ4v) is 3.24. The highest BCUT2D eigenvalue weighted by molar-refractivity contribution is 7.89. The highest BCUT2D eigenvalue weighted by atomic mass is 32.2. The highest BCUT2D eigenvalue weighted by Crippen LogP contribution is 2.30. The first-order chi connectivity index (χ1) is 9.54. The molecule has 0 radical (unpaired) electrons. The molecule has 1 aliphatic rings. The minimum absolute atomic E-state index is 0.288. The summed E-state index contributed by atoms with van der Waals surface area (Å²) >= 11 is 0. The van der Waals surface area contributed by atoms with E-state index in [2.05, 4.69) is 17.3 Å². The largest absolute Gasteiger partial charge is 0.315 e. The molecule has 1 aliphatic carbocycles. The lowest BCUT2D eigenvalue weighted by Gasteiger charge is -2.15. The van der Waals surface area contributed by atoms with Gasteiger partial charge in [-0.25, -0.2) is 12.7 Å². The van der Waals surface area contributed by atoms with Crippen LogP contribution in [0.1, 0.15) is 26.2 Å². The number of aromatic nitrogens is 2. The molecule has 1 fully saturated rings. The number of nitrogens with zero attached hydrogens (tertiary/aromatic N) is 3. The van der Waals surface area contributed by atoms with Gasteiger partial charge in [-0.15, -0.1) is 0 Å². The predicted molar refractivity (Wildman–Crippen MR) is 77.9 cm³/mol. The molecule has 0 amide bonds. The summed E-state index contributed by atoms with van der Waals surface area (Å²) < 4.78 is 27.8. The van der Waals surface area contributed by atoms with Crippen LogP contribution < -0.4 is 5.32 Å². The van der Waals surface area contributed by atoms with Crippen LogP contribution in [0.25, 0.3) is 0 Å². The van der Waals surface area contributed by atoms with Crippen LogP contribution in [0.4, 0.5) is 0 Å². The average Bonchev–Trinajstić information content (AvgIpc) is 3.09. The van der Waals surface area contributed by atoms with Crippen LogP contribution in [0.3, 0.4) is 0 Å². The van der Waals surface area contributed by atoms with Crippen molar-refractivity contribution in [2.75, 3.05) is 26.7 Å². The Balaban J connectivity index is 1.92. The molecule has 114 valence electrons. The van der Waals surface area contributed by atoms with E-state index >= 15 is 0 Å². The molecule has 0 atom stereocenters. The molecule has 0 aliphatic heterocycles. The lowest BCUT2D eigenvalue weighted by atomic mass is 10.4. The average molecular weight is 300 g/mol. The summed E-state index contributed by atoms with van der Waals surface area (Å²) in [5.41, 5.74) is 0. The van der Waals surface area contributed by atoms with Gasteiger partial charge in [-0.05, 0) is 31.7 Å². The van der Waals surface area contributed by atoms with Crippen molar-refractivity contribution in [1.82, 2.24) is 19.4 Å².